The Morgan fingerprint density at radius 1 is 1.43 bits per heavy atom. The number of carbonyl (C=O) groups excluding carboxylic acids is 1. The van der Waals surface area contributed by atoms with Gasteiger partial charge in [-0.05, 0) is 33.3 Å². The predicted molar refractivity (Wildman–Crippen MR) is 85.1 cm³/mol. The minimum atomic E-state index is -3.69. The molecule has 120 valence electrons. The molecule has 0 radical (unpaired) electrons. The Hall–Kier alpha value is -1.12. The van der Waals surface area contributed by atoms with Gasteiger partial charge in [0.25, 0.3) is 0 Å². The zero-order valence-corrected chi connectivity index (χ0v) is 14.6. The van der Waals surface area contributed by atoms with Gasteiger partial charge in [0, 0.05) is 18.0 Å². The molecule has 1 N–H and O–H groups in total. The molecule has 8 heteroatoms. The Labute approximate surface area is 130 Å². The molecule has 0 unspecified atom stereocenters. The lowest BCUT2D eigenvalue weighted by molar-refractivity contribution is 0.0528. The molecule has 0 spiro atoms. The highest BCUT2D eigenvalue weighted by Crippen LogP contribution is 2.30. The third kappa shape index (κ3) is 4.42. The van der Waals surface area contributed by atoms with E-state index >= 15 is 0 Å². The molecule has 0 saturated heterocycles. The summed E-state index contributed by atoms with van der Waals surface area (Å²) in [6.45, 7) is 7.45. The van der Waals surface area contributed by atoms with Crippen molar-refractivity contribution in [3.8, 4) is 0 Å². The number of carbonyl (C=O) groups is 1. The van der Waals surface area contributed by atoms with Gasteiger partial charge in [-0.2, -0.15) is 12.7 Å². The first kappa shape index (κ1) is 17.9. The van der Waals surface area contributed by atoms with Gasteiger partial charge in [-0.3, -0.25) is 4.72 Å². The second-order valence-corrected chi connectivity index (χ2v) is 7.61. The number of hydrogen-bond donors (Lipinski definition) is 1. The first-order valence-electron chi connectivity index (χ1n) is 6.78. The lowest BCUT2D eigenvalue weighted by Crippen LogP contribution is -2.37. The number of hydrogen-bond acceptors (Lipinski definition) is 5. The lowest BCUT2D eigenvalue weighted by atomic mass is 10.2. The summed E-state index contributed by atoms with van der Waals surface area (Å²) in [5.74, 6) is -0.515. The number of anilines is 1. The van der Waals surface area contributed by atoms with Crippen molar-refractivity contribution in [3.05, 3.63) is 16.5 Å². The van der Waals surface area contributed by atoms with Gasteiger partial charge in [0.1, 0.15) is 5.00 Å². The monoisotopic (exact) mass is 334 g/mol. The van der Waals surface area contributed by atoms with Crippen molar-refractivity contribution >= 4 is 32.5 Å². The molecule has 0 aromatic carbocycles. The molecular weight excluding hydrogens is 312 g/mol. The van der Waals surface area contributed by atoms with Gasteiger partial charge in [-0.1, -0.05) is 6.92 Å². The maximum atomic E-state index is 12.2. The molecule has 1 rings (SSSR count). The zero-order valence-electron chi connectivity index (χ0n) is 13.0. The third-order valence-electron chi connectivity index (χ3n) is 2.95. The Kier molecular flexibility index (Phi) is 6.18. The normalized spacial score (nSPS) is 12.0. The average Bonchev–Trinajstić information content (AvgIpc) is 2.80. The molecule has 0 amide bonds. The summed E-state index contributed by atoms with van der Waals surface area (Å²) in [4.78, 5) is 12.8. The second-order valence-electron chi connectivity index (χ2n) is 4.75. The van der Waals surface area contributed by atoms with Crippen LogP contribution in [-0.2, 0) is 21.4 Å². The van der Waals surface area contributed by atoms with E-state index in [1.165, 1.54) is 22.7 Å². The molecule has 21 heavy (non-hydrogen) atoms. The van der Waals surface area contributed by atoms with Crippen LogP contribution in [0.5, 0.6) is 0 Å². The van der Waals surface area contributed by atoms with Crippen molar-refractivity contribution in [3.63, 3.8) is 0 Å². The second kappa shape index (κ2) is 7.24. The molecule has 1 heterocycles. The summed E-state index contributed by atoms with van der Waals surface area (Å²) in [6, 6.07) is 1.50. The molecule has 1 aromatic rings. The Bertz CT molecular complexity index is 593. The number of nitrogens with zero attached hydrogens (tertiary/aromatic N) is 1. The van der Waals surface area contributed by atoms with Gasteiger partial charge in [0.2, 0.25) is 0 Å². The van der Waals surface area contributed by atoms with Gasteiger partial charge in [-0.15, -0.1) is 11.3 Å². The first-order valence-corrected chi connectivity index (χ1v) is 9.04. The predicted octanol–water partition coefficient (Wildman–Crippen LogP) is 2.48. The Balaban J connectivity index is 3.13. The molecule has 1 aromatic heterocycles. The van der Waals surface area contributed by atoms with Crippen molar-refractivity contribution in [2.45, 2.75) is 40.2 Å². The smallest absolute Gasteiger partial charge is 0.341 e. The number of rotatable bonds is 7. The van der Waals surface area contributed by atoms with E-state index in [-0.39, 0.29) is 18.2 Å². The SMILES string of the molecule is CCOC(=O)c1cc(CC)sc1NS(=O)(=O)N(C)C(C)C. The summed E-state index contributed by atoms with van der Waals surface area (Å²) in [7, 11) is -2.20. The van der Waals surface area contributed by atoms with E-state index in [0.717, 1.165) is 11.3 Å². The van der Waals surface area contributed by atoms with Crippen molar-refractivity contribution < 1.29 is 17.9 Å². The van der Waals surface area contributed by atoms with E-state index in [2.05, 4.69) is 4.72 Å². The zero-order chi connectivity index (χ0) is 16.2. The molecule has 0 aliphatic carbocycles. The van der Waals surface area contributed by atoms with Crippen LogP contribution in [0.3, 0.4) is 0 Å². The minimum Gasteiger partial charge on any atom is -0.462 e. The quantitative estimate of drug-likeness (QED) is 0.777. The van der Waals surface area contributed by atoms with Gasteiger partial charge in [0.15, 0.2) is 0 Å². The standard InChI is InChI=1S/C13H22N2O4S2/c1-6-10-8-11(13(16)19-7-2)12(20-10)14-21(17,18)15(5)9(3)4/h8-9,14H,6-7H2,1-5H3. The highest BCUT2D eigenvalue weighted by molar-refractivity contribution is 7.90. The Morgan fingerprint density at radius 2 is 2.05 bits per heavy atom. The van der Waals surface area contributed by atoms with Gasteiger partial charge >= 0.3 is 16.2 Å². The summed E-state index contributed by atoms with van der Waals surface area (Å²) < 4.78 is 33.1. The molecule has 0 atom stereocenters. The topological polar surface area (TPSA) is 75.7 Å². The van der Waals surface area contributed by atoms with Crippen LogP contribution >= 0.6 is 11.3 Å². The van der Waals surface area contributed by atoms with Crippen LogP contribution < -0.4 is 4.72 Å². The highest BCUT2D eigenvalue weighted by atomic mass is 32.2. The molecule has 0 fully saturated rings. The molecule has 6 nitrogen and oxygen atoms in total. The fourth-order valence-electron chi connectivity index (χ4n) is 1.52. The summed E-state index contributed by atoms with van der Waals surface area (Å²) in [6.07, 6.45) is 0.721. The van der Waals surface area contributed by atoms with Crippen LogP contribution in [-0.4, -0.2) is 38.4 Å². The average molecular weight is 334 g/mol. The van der Waals surface area contributed by atoms with Crippen LogP contribution in [0, 0.1) is 0 Å². The summed E-state index contributed by atoms with van der Waals surface area (Å²) >= 11 is 1.25. The number of thiophene rings is 1. The fraction of sp³-hybridized carbons (Fsp3) is 0.615. The van der Waals surface area contributed by atoms with Crippen molar-refractivity contribution in [1.29, 1.82) is 0 Å². The maximum Gasteiger partial charge on any atom is 0.341 e. The van der Waals surface area contributed by atoms with E-state index < -0.39 is 16.2 Å². The molecule has 0 bridgehead atoms. The van der Waals surface area contributed by atoms with Gasteiger partial charge < -0.3 is 4.74 Å². The van der Waals surface area contributed by atoms with Crippen LogP contribution in [0.4, 0.5) is 5.00 Å². The third-order valence-corrected chi connectivity index (χ3v) is 5.92. The van der Waals surface area contributed by atoms with Crippen molar-refractivity contribution in [2.24, 2.45) is 0 Å². The maximum absolute atomic E-state index is 12.2. The van der Waals surface area contributed by atoms with Crippen molar-refractivity contribution in [1.82, 2.24) is 4.31 Å². The highest BCUT2D eigenvalue weighted by Gasteiger charge is 2.25. The molecule has 0 aliphatic rings. The van der Waals surface area contributed by atoms with Gasteiger partial charge in [0.05, 0.1) is 12.2 Å². The fourth-order valence-corrected chi connectivity index (χ4v) is 3.88. The van der Waals surface area contributed by atoms with Gasteiger partial charge in [-0.25, -0.2) is 4.79 Å². The molecule has 0 aliphatic heterocycles. The van der Waals surface area contributed by atoms with E-state index in [1.807, 2.05) is 6.92 Å². The van der Waals surface area contributed by atoms with E-state index in [4.69, 9.17) is 4.74 Å². The minimum absolute atomic E-state index is 0.181. The van der Waals surface area contributed by atoms with Crippen molar-refractivity contribution in [2.75, 3.05) is 18.4 Å². The number of ether oxygens (including phenoxy) is 1. The van der Waals surface area contributed by atoms with Crippen LogP contribution in [0.2, 0.25) is 0 Å². The van der Waals surface area contributed by atoms with Crippen LogP contribution in [0.1, 0.15) is 42.9 Å². The summed E-state index contributed by atoms with van der Waals surface area (Å²) in [5, 5.41) is 0.304. The molecular formula is C13H22N2O4S2. The van der Waals surface area contributed by atoms with E-state index in [9.17, 15) is 13.2 Å². The number of nitrogens with one attached hydrogen (secondary N) is 1. The lowest BCUT2D eigenvalue weighted by Gasteiger charge is -2.21. The first-order chi connectivity index (χ1) is 9.72. The number of esters is 1. The largest absolute Gasteiger partial charge is 0.462 e. The Morgan fingerprint density at radius 3 is 2.52 bits per heavy atom. The molecule has 0 saturated carbocycles. The van der Waals surface area contributed by atoms with Crippen LogP contribution in [0.25, 0.3) is 0 Å². The van der Waals surface area contributed by atoms with E-state index in [1.54, 1.807) is 26.8 Å². The van der Waals surface area contributed by atoms with Crippen LogP contribution in [0.15, 0.2) is 6.07 Å². The summed E-state index contributed by atoms with van der Waals surface area (Å²) in [5.41, 5.74) is 0.263. The number of aryl methyl sites for hydroxylation is 1. The van der Waals surface area contributed by atoms with E-state index in [0.29, 0.717) is 5.00 Å².